The minimum atomic E-state index is 0.0743. The van der Waals surface area contributed by atoms with Gasteiger partial charge in [0.25, 0.3) is 0 Å². The number of nitrogens with zero attached hydrogens (tertiary/aromatic N) is 1. The number of thiophene rings is 1. The third kappa shape index (κ3) is 1.62. The van der Waals surface area contributed by atoms with Crippen molar-refractivity contribution in [2.75, 3.05) is 13.1 Å². The van der Waals surface area contributed by atoms with Crippen molar-refractivity contribution >= 4 is 17.4 Å². The third-order valence-electron chi connectivity index (χ3n) is 2.52. The molecule has 1 unspecified atom stereocenters. The predicted octanol–water partition coefficient (Wildman–Crippen LogP) is 2.22. The lowest BCUT2D eigenvalue weighted by Crippen LogP contribution is -2.31. The predicted molar refractivity (Wildman–Crippen MR) is 57.5 cm³/mol. The van der Waals surface area contributed by atoms with Crippen LogP contribution in [0.4, 0.5) is 4.79 Å². The van der Waals surface area contributed by atoms with E-state index in [1.807, 2.05) is 11.0 Å². The van der Waals surface area contributed by atoms with Crippen LogP contribution in [-0.4, -0.2) is 24.0 Å². The first kappa shape index (κ1) is 9.52. The Morgan fingerprint density at radius 1 is 1.71 bits per heavy atom. The minimum Gasteiger partial charge on any atom is -0.336 e. The van der Waals surface area contributed by atoms with Gasteiger partial charge in [0.15, 0.2) is 0 Å². The summed E-state index contributed by atoms with van der Waals surface area (Å²) in [5, 5.41) is 4.90. The molecule has 0 aliphatic carbocycles. The molecule has 3 nitrogen and oxygen atoms in total. The molecule has 2 rings (SSSR count). The van der Waals surface area contributed by atoms with Crippen LogP contribution in [0.15, 0.2) is 17.5 Å². The van der Waals surface area contributed by atoms with Gasteiger partial charge in [-0.25, -0.2) is 4.79 Å². The van der Waals surface area contributed by atoms with Crippen molar-refractivity contribution in [3.05, 3.63) is 22.4 Å². The zero-order valence-electron chi connectivity index (χ0n) is 8.19. The topological polar surface area (TPSA) is 32.3 Å². The zero-order valence-corrected chi connectivity index (χ0v) is 9.01. The number of carbonyl (C=O) groups is 1. The fraction of sp³-hybridized carbons (Fsp3) is 0.500. The highest BCUT2D eigenvalue weighted by atomic mass is 32.1. The van der Waals surface area contributed by atoms with E-state index >= 15 is 0 Å². The van der Waals surface area contributed by atoms with Crippen molar-refractivity contribution in [1.82, 2.24) is 10.2 Å². The monoisotopic (exact) mass is 210 g/mol. The molecule has 1 aromatic rings. The summed E-state index contributed by atoms with van der Waals surface area (Å²) in [5.74, 6) is 0. The van der Waals surface area contributed by atoms with Crippen LogP contribution in [0.25, 0.3) is 0 Å². The fourth-order valence-electron chi connectivity index (χ4n) is 1.84. The average Bonchev–Trinajstić information content (AvgIpc) is 2.80. The quantitative estimate of drug-likeness (QED) is 0.815. The molecule has 4 heteroatoms. The van der Waals surface area contributed by atoms with Gasteiger partial charge in [0.1, 0.15) is 0 Å². The van der Waals surface area contributed by atoms with Gasteiger partial charge in [-0.05, 0) is 17.9 Å². The van der Waals surface area contributed by atoms with E-state index in [0.717, 1.165) is 19.5 Å². The van der Waals surface area contributed by atoms with Crippen molar-refractivity contribution in [1.29, 1.82) is 0 Å². The van der Waals surface area contributed by atoms with Crippen LogP contribution in [0.3, 0.4) is 0 Å². The molecule has 0 bridgehead atoms. The molecule has 2 amide bonds. The number of urea groups is 1. The third-order valence-corrected chi connectivity index (χ3v) is 3.50. The largest absolute Gasteiger partial charge is 0.336 e. The van der Waals surface area contributed by atoms with Gasteiger partial charge in [0, 0.05) is 18.0 Å². The molecule has 2 heterocycles. The fourth-order valence-corrected chi connectivity index (χ4v) is 2.76. The van der Waals surface area contributed by atoms with E-state index in [0.29, 0.717) is 0 Å². The van der Waals surface area contributed by atoms with Crippen molar-refractivity contribution in [3.8, 4) is 0 Å². The molecule has 1 aliphatic heterocycles. The molecule has 1 saturated heterocycles. The molecule has 0 saturated carbocycles. The Balaban J connectivity index is 2.17. The molecule has 1 aromatic heterocycles. The SMILES string of the molecule is CCC(c1cccs1)N1CCNC1=O. The van der Waals surface area contributed by atoms with Gasteiger partial charge < -0.3 is 10.2 Å². The second-order valence-corrected chi connectivity index (χ2v) is 4.34. The Kier molecular flexibility index (Phi) is 2.72. The number of amides is 2. The van der Waals surface area contributed by atoms with Gasteiger partial charge >= 0.3 is 6.03 Å². The van der Waals surface area contributed by atoms with Crippen molar-refractivity contribution < 1.29 is 4.79 Å². The van der Waals surface area contributed by atoms with Gasteiger partial charge in [-0.2, -0.15) is 0 Å². The first-order chi connectivity index (χ1) is 6.83. The van der Waals surface area contributed by atoms with Crippen LogP contribution >= 0.6 is 11.3 Å². The van der Waals surface area contributed by atoms with E-state index in [1.54, 1.807) is 11.3 Å². The normalized spacial score (nSPS) is 18.4. The Hall–Kier alpha value is -1.03. The summed E-state index contributed by atoms with van der Waals surface area (Å²) in [6, 6.07) is 4.48. The summed E-state index contributed by atoms with van der Waals surface area (Å²) in [7, 11) is 0. The van der Waals surface area contributed by atoms with E-state index in [9.17, 15) is 4.79 Å². The summed E-state index contributed by atoms with van der Waals surface area (Å²) in [6.45, 7) is 3.73. The Morgan fingerprint density at radius 3 is 3.07 bits per heavy atom. The second kappa shape index (κ2) is 4.00. The first-order valence-electron chi connectivity index (χ1n) is 4.90. The molecule has 1 fully saturated rings. The maximum atomic E-state index is 11.5. The lowest BCUT2D eigenvalue weighted by molar-refractivity contribution is 0.197. The van der Waals surface area contributed by atoms with Crippen LogP contribution in [0.2, 0.25) is 0 Å². The van der Waals surface area contributed by atoms with Gasteiger partial charge in [-0.15, -0.1) is 11.3 Å². The van der Waals surface area contributed by atoms with E-state index in [-0.39, 0.29) is 12.1 Å². The van der Waals surface area contributed by atoms with E-state index in [4.69, 9.17) is 0 Å². The van der Waals surface area contributed by atoms with Crippen molar-refractivity contribution in [2.24, 2.45) is 0 Å². The molecule has 76 valence electrons. The number of carbonyl (C=O) groups excluding carboxylic acids is 1. The summed E-state index contributed by atoms with van der Waals surface area (Å²) >= 11 is 1.72. The van der Waals surface area contributed by atoms with E-state index in [1.165, 1.54) is 4.88 Å². The van der Waals surface area contributed by atoms with Crippen LogP contribution in [0.1, 0.15) is 24.3 Å². The van der Waals surface area contributed by atoms with Crippen molar-refractivity contribution in [2.45, 2.75) is 19.4 Å². The van der Waals surface area contributed by atoms with Crippen LogP contribution < -0.4 is 5.32 Å². The molecule has 1 atom stereocenters. The molecule has 0 aromatic carbocycles. The molecule has 14 heavy (non-hydrogen) atoms. The molecular weight excluding hydrogens is 196 g/mol. The second-order valence-electron chi connectivity index (χ2n) is 3.36. The van der Waals surface area contributed by atoms with E-state index < -0.39 is 0 Å². The highest BCUT2D eigenvalue weighted by Crippen LogP contribution is 2.28. The lowest BCUT2D eigenvalue weighted by Gasteiger charge is -2.24. The average molecular weight is 210 g/mol. The minimum absolute atomic E-state index is 0.0743. The summed E-state index contributed by atoms with van der Waals surface area (Å²) in [4.78, 5) is 14.7. The maximum Gasteiger partial charge on any atom is 0.318 e. The number of nitrogens with one attached hydrogen (secondary N) is 1. The van der Waals surface area contributed by atoms with Gasteiger partial charge in [0.2, 0.25) is 0 Å². The first-order valence-corrected chi connectivity index (χ1v) is 5.78. The van der Waals surface area contributed by atoms with Crippen molar-refractivity contribution in [3.63, 3.8) is 0 Å². The van der Waals surface area contributed by atoms with Crippen LogP contribution in [0.5, 0.6) is 0 Å². The summed E-state index contributed by atoms with van der Waals surface area (Å²) < 4.78 is 0. The Morgan fingerprint density at radius 2 is 2.57 bits per heavy atom. The number of hydrogen-bond acceptors (Lipinski definition) is 2. The van der Waals surface area contributed by atoms with Gasteiger partial charge in [0.05, 0.1) is 6.04 Å². The van der Waals surface area contributed by atoms with Gasteiger partial charge in [-0.3, -0.25) is 0 Å². The maximum absolute atomic E-state index is 11.5. The summed E-state index contributed by atoms with van der Waals surface area (Å²) in [6.07, 6.45) is 0.980. The molecule has 1 aliphatic rings. The lowest BCUT2D eigenvalue weighted by atomic mass is 10.1. The number of rotatable bonds is 3. The van der Waals surface area contributed by atoms with E-state index in [2.05, 4.69) is 23.7 Å². The zero-order chi connectivity index (χ0) is 9.97. The Bertz CT molecular complexity index is 310. The van der Waals surface area contributed by atoms with Crippen LogP contribution in [0, 0.1) is 0 Å². The highest BCUT2D eigenvalue weighted by Gasteiger charge is 2.27. The molecule has 0 spiro atoms. The Labute approximate surface area is 87.7 Å². The molecular formula is C10H14N2OS. The molecule has 0 radical (unpaired) electrons. The number of hydrogen-bond donors (Lipinski definition) is 1. The highest BCUT2D eigenvalue weighted by molar-refractivity contribution is 7.10. The molecule has 1 N–H and O–H groups in total. The van der Waals surface area contributed by atoms with Crippen LogP contribution in [-0.2, 0) is 0 Å². The smallest absolute Gasteiger partial charge is 0.318 e. The standard InChI is InChI=1S/C10H14N2OS/c1-2-8(9-4-3-7-14-9)12-6-5-11-10(12)13/h3-4,7-8H,2,5-6H2,1H3,(H,11,13). The van der Waals surface area contributed by atoms with Gasteiger partial charge in [-0.1, -0.05) is 13.0 Å². The summed E-state index contributed by atoms with van der Waals surface area (Å²) in [5.41, 5.74) is 0.